The van der Waals surface area contributed by atoms with Crippen LogP contribution in [0.4, 0.5) is 0 Å². The van der Waals surface area contributed by atoms with Crippen LogP contribution in [0.2, 0.25) is 0 Å². The Morgan fingerprint density at radius 3 is 2.85 bits per heavy atom. The summed E-state index contributed by atoms with van der Waals surface area (Å²) in [6, 6.07) is 15.2. The zero-order chi connectivity index (χ0) is 18.8. The molecule has 0 saturated heterocycles. The summed E-state index contributed by atoms with van der Waals surface area (Å²) in [5, 5.41) is 11.3. The third kappa shape index (κ3) is 3.10. The highest BCUT2D eigenvalue weighted by molar-refractivity contribution is 8.14. The lowest BCUT2D eigenvalue weighted by Gasteiger charge is -2.34. The van der Waals surface area contributed by atoms with Crippen molar-refractivity contribution in [1.82, 2.24) is 10.3 Å². The molecule has 7 heteroatoms. The predicted molar refractivity (Wildman–Crippen MR) is 106 cm³/mol. The van der Waals surface area contributed by atoms with Crippen LogP contribution in [0, 0.1) is 0 Å². The minimum atomic E-state index is -0.489. The number of methoxy groups -OCH3 is 1. The van der Waals surface area contributed by atoms with Crippen molar-refractivity contribution in [2.24, 2.45) is 10.1 Å². The van der Waals surface area contributed by atoms with Crippen molar-refractivity contribution >= 4 is 28.5 Å². The summed E-state index contributed by atoms with van der Waals surface area (Å²) in [4.78, 5) is 17.8. The van der Waals surface area contributed by atoms with Crippen LogP contribution in [-0.4, -0.2) is 28.9 Å². The first kappa shape index (κ1) is 17.4. The summed E-state index contributed by atoms with van der Waals surface area (Å²) in [5.41, 5.74) is 1.33. The van der Waals surface area contributed by atoms with Gasteiger partial charge in [0.2, 0.25) is 0 Å². The van der Waals surface area contributed by atoms with Gasteiger partial charge in [-0.1, -0.05) is 54.2 Å². The number of thioether (sulfide) groups is 1. The van der Waals surface area contributed by atoms with Crippen LogP contribution in [0.1, 0.15) is 11.7 Å². The van der Waals surface area contributed by atoms with E-state index in [1.807, 2.05) is 48.5 Å². The second kappa shape index (κ2) is 7.28. The molecule has 0 aromatic heterocycles. The lowest BCUT2D eigenvalue weighted by Crippen LogP contribution is -2.50. The molecule has 0 radical (unpaired) electrons. The van der Waals surface area contributed by atoms with E-state index in [1.165, 1.54) is 11.8 Å². The Morgan fingerprint density at radius 2 is 2.04 bits per heavy atom. The Balaban J connectivity index is 1.93. The molecule has 2 aliphatic heterocycles. The zero-order valence-corrected chi connectivity index (χ0v) is 15.6. The maximum absolute atomic E-state index is 12.9. The highest BCUT2D eigenvalue weighted by atomic mass is 32.2. The number of amidine groups is 1. The normalized spacial score (nSPS) is 17.9. The Morgan fingerprint density at radius 1 is 1.26 bits per heavy atom. The number of amides is 1. The summed E-state index contributed by atoms with van der Waals surface area (Å²) in [6.45, 7) is 3.72. The van der Waals surface area contributed by atoms with Gasteiger partial charge in [-0.2, -0.15) is 0 Å². The number of ether oxygens (including phenoxy) is 1. The molecule has 1 N–H and O–H groups in total. The molecule has 0 bridgehead atoms. The van der Waals surface area contributed by atoms with Crippen molar-refractivity contribution in [2.75, 3.05) is 12.9 Å². The molecule has 27 heavy (non-hydrogen) atoms. The molecule has 2 aromatic carbocycles. The lowest BCUT2D eigenvalue weighted by atomic mass is 10.1. The molecular formula is C20H18N4O2S. The van der Waals surface area contributed by atoms with E-state index < -0.39 is 6.17 Å². The second-order valence-corrected chi connectivity index (χ2v) is 6.92. The van der Waals surface area contributed by atoms with Crippen LogP contribution < -0.4 is 20.6 Å². The molecule has 0 fully saturated rings. The van der Waals surface area contributed by atoms with Crippen molar-refractivity contribution in [3.8, 4) is 5.75 Å². The van der Waals surface area contributed by atoms with Gasteiger partial charge in [0.15, 0.2) is 11.3 Å². The summed E-state index contributed by atoms with van der Waals surface area (Å²) in [7, 11) is 1.62. The smallest absolute Gasteiger partial charge is 0.276 e. The quantitative estimate of drug-likeness (QED) is 0.824. The topological polar surface area (TPSA) is 66.3 Å². The molecule has 0 unspecified atom stereocenters. The molecule has 0 spiro atoms. The number of benzene rings is 2. The SMILES string of the molecule is C=CCSC1=NN2C(=c3ccccc3=N[C@@H]2c2ccccc2OC)C(=O)N1. The minimum Gasteiger partial charge on any atom is -0.496 e. The fourth-order valence-electron chi connectivity index (χ4n) is 3.11. The average Bonchev–Trinajstić information content (AvgIpc) is 2.71. The highest BCUT2D eigenvalue weighted by Crippen LogP contribution is 2.35. The van der Waals surface area contributed by atoms with Crippen LogP contribution in [0.15, 0.2) is 71.3 Å². The summed E-state index contributed by atoms with van der Waals surface area (Å²) >= 11 is 1.42. The molecule has 0 saturated carbocycles. The third-order valence-electron chi connectivity index (χ3n) is 4.27. The molecule has 2 aromatic rings. The molecule has 6 nitrogen and oxygen atoms in total. The number of carbonyl (C=O) groups is 1. The van der Waals surface area contributed by atoms with Gasteiger partial charge in [-0.3, -0.25) is 15.1 Å². The van der Waals surface area contributed by atoms with E-state index >= 15 is 0 Å². The van der Waals surface area contributed by atoms with E-state index in [0.29, 0.717) is 22.4 Å². The van der Waals surface area contributed by atoms with Gasteiger partial charge in [0.25, 0.3) is 5.91 Å². The van der Waals surface area contributed by atoms with Gasteiger partial charge in [-0.15, -0.1) is 11.7 Å². The molecule has 0 aliphatic carbocycles. The van der Waals surface area contributed by atoms with E-state index in [9.17, 15) is 4.79 Å². The number of hydrogen-bond donors (Lipinski definition) is 1. The van der Waals surface area contributed by atoms with Gasteiger partial charge in [-0.05, 0) is 12.1 Å². The number of rotatable bonds is 4. The number of fused-ring (bicyclic) bond motifs is 2. The fourth-order valence-corrected chi connectivity index (χ4v) is 3.70. The van der Waals surface area contributed by atoms with Crippen molar-refractivity contribution in [2.45, 2.75) is 6.17 Å². The zero-order valence-electron chi connectivity index (χ0n) is 14.8. The number of hydrogen-bond acceptors (Lipinski definition) is 6. The Hall–Kier alpha value is -3.06. The molecule has 1 atom stereocenters. The van der Waals surface area contributed by atoms with E-state index in [4.69, 9.17) is 9.73 Å². The van der Waals surface area contributed by atoms with E-state index in [0.717, 1.165) is 16.1 Å². The molecule has 2 heterocycles. The Labute approximate surface area is 160 Å². The van der Waals surface area contributed by atoms with Crippen molar-refractivity contribution in [3.05, 3.63) is 77.3 Å². The molecule has 2 aliphatic rings. The number of nitrogens with one attached hydrogen (secondary N) is 1. The Kier molecular flexibility index (Phi) is 4.68. The van der Waals surface area contributed by atoms with E-state index in [-0.39, 0.29) is 5.91 Å². The Bertz CT molecular complexity index is 1060. The van der Waals surface area contributed by atoms with E-state index in [2.05, 4.69) is 17.0 Å². The molecule has 4 rings (SSSR count). The number of para-hydroxylation sites is 2. The van der Waals surface area contributed by atoms with Gasteiger partial charge in [-0.25, -0.2) is 5.01 Å². The maximum atomic E-state index is 12.9. The van der Waals surface area contributed by atoms with Crippen LogP contribution in [0.3, 0.4) is 0 Å². The lowest BCUT2D eigenvalue weighted by molar-refractivity contribution is -0.116. The van der Waals surface area contributed by atoms with Crippen LogP contribution in [0.25, 0.3) is 5.70 Å². The third-order valence-corrected chi connectivity index (χ3v) is 5.13. The molecular weight excluding hydrogens is 360 g/mol. The van der Waals surface area contributed by atoms with Gasteiger partial charge in [0, 0.05) is 16.5 Å². The van der Waals surface area contributed by atoms with E-state index in [1.54, 1.807) is 18.2 Å². The summed E-state index contributed by atoms with van der Waals surface area (Å²) in [5.74, 6) is 1.15. The van der Waals surface area contributed by atoms with Gasteiger partial charge in [0.1, 0.15) is 11.4 Å². The van der Waals surface area contributed by atoms with Crippen molar-refractivity contribution in [1.29, 1.82) is 0 Å². The largest absolute Gasteiger partial charge is 0.496 e. The van der Waals surface area contributed by atoms with Crippen LogP contribution >= 0.6 is 11.8 Å². The van der Waals surface area contributed by atoms with Crippen LogP contribution in [-0.2, 0) is 4.79 Å². The fraction of sp³-hybridized carbons (Fsp3) is 0.150. The summed E-state index contributed by atoms with van der Waals surface area (Å²) in [6.07, 6.45) is 1.28. The first-order chi connectivity index (χ1) is 13.2. The van der Waals surface area contributed by atoms with Crippen LogP contribution in [0.5, 0.6) is 5.75 Å². The summed E-state index contributed by atoms with van der Waals surface area (Å²) < 4.78 is 5.52. The number of hydrazone groups is 1. The minimum absolute atomic E-state index is 0.196. The number of nitrogens with zero attached hydrogens (tertiary/aromatic N) is 3. The average molecular weight is 378 g/mol. The monoisotopic (exact) mass is 378 g/mol. The molecule has 136 valence electrons. The first-order valence-electron chi connectivity index (χ1n) is 8.46. The standard InChI is InChI=1S/C20H18N4O2S/c1-3-12-27-20-22-19(25)17-13-8-4-6-10-15(13)21-18(24(17)23-20)14-9-5-7-11-16(14)26-2/h3-11,18H,1,12H2,2H3,(H,22,23,25)/t18-/m0/s1. The number of carbonyl (C=O) groups excluding carboxylic acids is 1. The second-order valence-electron chi connectivity index (χ2n) is 5.91. The predicted octanol–water partition coefficient (Wildman–Crippen LogP) is 1.76. The van der Waals surface area contributed by atoms with Crippen molar-refractivity contribution in [3.63, 3.8) is 0 Å². The maximum Gasteiger partial charge on any atom is 0.276 e. The molecule has 1 amide bonds. The first-order valence-corrected chi connectivity index (χ1v) is 9.44. The van der Waals surface area contributed by atoms with Gasteiger partial charge >= 0.3 is 0 Å². The highest BCUT2D eigenvalue weighted by Gasteiger charge is 2.35. The van der Waals surface area contributed by atoms with Crippen molar-refractivity contribution < 1.29 is 9.53 Å². The van der Waals surface area contributed by atoms with Gasteiger partial charge < -0.3 is 4.74 Å². The van der Waals surface area contributed by atoms with Gasteiger partial charge in [0.05, 0.1) is 12.5 Å².